The Morgan fingerprint density at radius 2 is 2.08 bits per heavy atom. The van der Waals surface area contributed by atoms with Crippen molar-refractivity contribution < 1.29 is 5.11 Å². The largest absolute Gasteiger partial charge is 0.492 e. The van der Waals surface area contributed by atoms with Gasteiger partial charge in [0.1, 0.15) is 0 Å². The third-order valence-electron chi connectivity index (χ3n) is 5.25. The third-order valence-corrected chi connectivity index (χ3v) is 6.33. The minimum atomic E-state index is 0.0527. The Morgan fingerprint density at radius 1 is 1.31 bits per heavy atom. The number of hydrogen-bond donors (Lipinski definition) is 1. The van der Waals surface area contributed by atoms with E-state index in [-0.39, 0.29) is 11.9 Å². The molecule has 3 aromatic rings. The predicted molar refractivity (Wildman–Crippen MR) is 105 cm³/mol. The Kier molecular flexibility index (Phi) is 4.71. The van der Waals surface area contributed by atoms with Crippen molar-refractivity contribution >= 4 is 16.3 Å². The molecular formula is C20H26N4OS. The van der Waals surface area contributed by atoms with Gasteiger partial charge in [0, 0.05) is 13.0 Å². The van der Waals surface area contributed by atoms with E-state index >= 15 is 0 Å². The molecule has 0 saturated carbocycles. The molecule has 1 N–H and O–H groups in total. The molecule has 1 aliphatic heterocycles. The number of benzene rings is 1. The van der Waals surface area contributed by atoms with E-state index in [0.717, 1.165) is 35.2 Å². The molecule has 0 bridgehead atoms. The lowest BCUT2D eigenvalue weighted by molar-refractivity contribution is 0.149. The summed E-state index contributed by atoms with van der Waals surface area (Å²) in [7, 11) is 0. The summed E-state index contributed by atoms with van der Waals surface area (Å²) in [4.78, 5) is 8.78. The lowest BCUT2D eigenvalue weighted by Crippen LogP contribution is -2.37. The molecule has 0 radical (unpaired) electrons. The maximum atomic E-state index is 10.9. The molecule has 0 aliphatic carbocycles. The lowest BCUT2D eigenvalue weighted by Gasteiger charge is -2.37. The number of fused-ring (bicyclic) bond motifs is 1. The smallest absolute Gasteiger partial charge is 0.230 e. The molecule has 0 amide bonds. The van der Waals surface area contributed by atoms with Gasteiger partial charge in [-0.2, -0.15) is 4.52 Å². The number of thiazole rings is 1. The number of likely N-dealkylation sites (tertiary alicyclic amines) is 1. The predicted octanol–water partition coefficient (Wildman–Crippen LogP) is 4.19. The van der Waals surface area contributed by atoms with Crippen molar-refractivity contribution in [2.75, 3.05) is 13.1 Å². The monoisotopic (exact) mass is 370 g/mol. The highest BCUT2D eigenvalue weighted by Gasteiger charge is 2.31. The van der Waals surface area contributed by atoms with Crippen LogP contribution in [0.2, 0.25) is 0 Å². The molecular weight excluding hydrogens is 344 g/mol. The molecule has 2 atom stereocenters. The van der Waals surface area contributed by atoms with Crippen LogP contribution in [0.3, 0.4) is 0 Å². The lowest BCUT2D eigenvalue weighted by atomic mass is 9.95. The summed E-state index contributed by atoms with van der Waals surface area (Å²) in [5, 5.41) is 15.4. The first-order valence-electron chi connectivity index (χ1n) is 9.44. The van der Waals surface area contributed by atoms with Crippen LogP contribution in [-0.2, 0) is 6.42 Å². The van der Waals surface area contributed by atoms with Gasteiger partial charge in [-0.25, -0.2) is 4.98 Å². The van der Waals surface area contributed by atoms with Crippen LogP contribution >= 0.6 is 11.3 Å². The molecule has 1 saturated heterocycles. The molecule has 5 nitrogen and oxygen atoms in total. The van der Waals surface area contributed by atoms with Crippen LogP contribution in [0.5, 0.6) is 5.88 Å². The van der Waals surface area contributed by atoms with E-state index in [1.54, 1.807) is 15.9 Å². The summed E-state index contributed by atoms with van der Waals surface area (Å²) in [6.07, 6.45) is 3.25. The van der Waals surface area contributed by atoms with Crippen LogP contribution < -0.4 is 0 Å². The van der Waals surface area contributed by atoms with E-state index < -0.39 is 0 Å². The fourth-order valence-electron chi connectivity index (χ4n) is 3.86. The van der Waals surface area contributed by atoms with E-state index in [2.05, 4.69) is 53.1 Å². The number of aromatic nitrogens is 3. The number of piperidine rings is 1. The van der Waals surface area contributed by atoms with Crippen LogP contribution in [0.15, 0.2) is 24.3 Å². The van der Waals surface area contributed by atoms with Crippen molar-refractivity contribution in [1.29, 1.82) is 0 Å². The van der Waals surface area contributed by atoms with Crippen molar-refractivity contribution in [2.24, 2.45) is 5.92 Å². The minimum Gasteiger partial charge on any atom is -0.492 e. The first kappa shape index (κ1) is 17.5. The van der Waals surface area contributed by atoms with Gasteiger partial charge in [-0.15, -0.1) is 5.10 Å². The molecule has 6 heteroatoms. The van der Waals surface area contributed by atoms with Gasteiger partial charge in [-0.3, -0.25) is 4.90 Å². The highest BCUT2D eigenvalue weighted by Crippen LogP contribution is 2.41. The summed E-state index contributed by atoms with van der Waals surface area (Å²) in [6, 6.07) is 8.73. The molecule has 3 heterocycles. The van der Waals surface area contributed by atoms with Gasteiger partial charge in [0.2, 0.25) is 10.8 Å². The number of rotatable bonds is 4. The van der Waals surface area contributed by atoms with Crippen LogP contribution in [0.4, 0.5) is 0 Å². The Balaban J connectivity index is 1.80. The van der Waals surface area contributed by atoms with Crippen LogP contribution in [0.25, 0.3) is 4.96 Å². The second-order valence-corrected chi connectivity index (χ2v) is 8.43. The average Bonchev–Trinajstić information content (AvgIpc) is 3.17. The van der Waals surface area contributed by atoms with Crippen molar-refractivity contribution in [3.8, 4) is 5.88 Å². The van der Waals surface area contributed by atoms with Gasteiger partial charge >= 0.3 is 0 Å². The van der Waals surface area contributed by atoms with E-state index in [9.17, 15) is 5.11 Å². The highest BCUT2D eigenvalue weighted by molar-refractivity contribution is 7.17. The number of nitrogens with zero attached hydrogens (tertiary/aromatic N) is 4. The van der Waals surface area contributed by atoms with Crippen molar-refractivity contribution in [2.45, 2.75) is 46.1 Å². The second-order valence-electron chi connectivity index (χ2n) is 7.42. The van der Waals surface area contributed by atoms with Crippen molar-refractivity contribution in [3.05, 3.63) is 46.1 Å². The fraction of sp³-hybridized carbons (Fsp3) is 0.500. The molecule has 26 heavy (non-hydrogen) atoms. The molecule has 0 spiro atoms. The topological polar surface area (TPSA) is 53.7 Å². The number of hydrogen-bond acceptors (Lipinski definition) is 5. The van der Waals surface area contributed by atoms with Crippen LogP contribution in [0.1, 0.15) is 54.6 Å². The van der Waals surface area contributed by atoms with Crippen LogP contribution in [-0.4, -0.2) is 37.7 Å². The molecule has 138 valence electrons. The first-order chi connectivity index (χ1) is 12.6. The van der Waals surface area contributed by atoms with Gasteiger partial charge < -0.3 is 5.11 Å². The highest BCUT2D eigenvalue weighted by atomic mass is 32.1. The molecule has 4 rings (SSSR count). The van der Waals surface area contributed by atoms with Gasteiger partial charge in [0.25, 0.3) is 0 Å². The van der Waals surface area contributed by atoms with E-state index in [0.29, 0.717) is 5.92 Å². The third kappa shape index (κ3) is 3.12. The number of aryl methyl sites for hydroxylation is 2. The molecule has 1 aromatic carbocycles. The van der Waals surface area contributed by atoms with E-state index in [4.69, 9.17) is 0 Å². The zero-order valence-corrected chi connectivity index (χ0v) is 16.5. The van der Waals surface area contributed by atoms with E-state index in [1.807, 2.05) is 6.92 Å². The van der Waals surface area contributed by atoms with Crippen molar-refractivity contribution in [1.82, 2.24) is 19.5 Å². The van der Waals surface area contributed by atoms with Crippen molar-refractivity contribution in [3.63, 3.8) is 0 Å². The normalized spacial score (nSPS) is 19.9. The van der Waals surface area contributed by atoms with E-state index in [1.165, 1.54) is 24.0 Å². The van der Waals surface area contributed by atoms with Gasteiger partial charge in [0.05, 0.1) is 10.9 Å². The Morgan fingerprint density at radius 3 is 2.73 bits per heavy atom. The summed E-state index contributed by atoms with van der Waals surface area (Å²) in [5.74, 6) is 1.69. The zero-order chi connectivity index (χ0) is 18.3. The zero-order valence-electron chi connectivity index (χ0n) is 15.6. The average molecular weight is 371 g/mol. The quantitative estimate of drug-likeness (QED) is 0.748. The minimum absolute atomic E-state index is 0.0527. The first-order valence-corrected chi connectivity index (χ1v) is 10.3. The van der Waals surface area contributed by atoms with Gasteiger partial charge in [0.15, 0.2) is 5.82 Å². The Labute approximate surface area is 158 Å². The summed E-state index contributed by atoms with van der Waals surface area (Å²) in [6.45, 7) is 8.55. The summed E-state index contributed by atoms with van der Waals surface area (Å²) in [5.41, 5.74) is 2.47. The Bertz CT molecular complexity index is 899. The Hall–Kier alpha value is -1.92. The SMILES string of the molecule is CCc1nc2sc([C@@H](c3ccc(C)cc3)N3CCC[C@H](C)C3)c(O)n2n1. The molecule has 1 fully saturated rings. The summed E-state index contributed by atoms with van der Waals surface area (Å²) < 4.78 is 1.60. The van der Waals surface area contributed by atoms with Gasteiger partial charge in [-0.1, -0.05) is 55.0 Å². The van der Waals surface area contributed by atoms with Crippen LogP contribution in [0, 0.1) is 12.8 Å². The molecule has 2 aromatic heterocycles. The molecule has 1 aliphatic rings. The summed E-state index contributed by atoms with van der Waals surface area (Å²) >= 11 is 1.56. The fourth-order valence-corrected chi connectivity index (χ4v) is 4.99. The van der Waals surface area contributed by atoms with Gasteiger partial charge in [-0.05, 0) is 37.8 Å². The maximum Gasteiger partial charge on any atom is 0.230 e. The maximum absolute atomic E-state index is 10.9. The number of aromatic hydroxyl groups is 1. The molecule has 0 unspecified atom stereocenters. The second kappa shape index (κ2) is 7.00. The standard InChI is InChI=1S/C20H26N4OS/c1-4-16-21-20-24(22-16)19(25)18(26-20)17(15-9-7-13(2)8-10-15)23-11-5-6-14(3)12-23/h7-10,14,17,25H,4-6,11-12H2,1-3H3/t14-,17+/m0/s1.